The molecule has 2 heterocycles. The van der Waals surface area contributed by atoms with Crippen molar-refractivity contribution in [2.75, 3.05) is 13.2 Å². The van der Waals surface area contributed by atoms with E-state index < -0.39 is 24.2 Å². The van der Waals surface area contributed by atoms with Gasteiger partial charge < -0.3 is 24.6 Å². The number of carbonyl (C=O) groups is 2. The molecule has 0 saturated carbocycles. The molecule has 2 N–H and O–H groups in total. The van der Waals surface area contributed by atoms with Crippen LogP contribution in [0, 0.1) is 12.7 Å². The Hall–Kier alpha value is -3.89. The van der Waals surface area contributed by atoms with Crippen LogP contribution in [0.2, 0.25) is 0 Å². The summed E-state index contributed by atoms with van der Waals surface area (Å²) in [7, 11) is 0. The fourth-order valence-electron chi connectivity index (χ4n) is 4.07. The molecule has 1 aliphatic heterocycles. The van der Waals surface area contributed by atoms with E-state index in [1.54, 1.807) is 26.0 Å². The minimum Gasteiger partial charge on any atom is -0.485 e. The van der Waals surface area contributed by atoms with Crippen molar-refractivity contribution in [1.82, 2.24) is 15.3 Å². The quantitative estimate of drug-likeness (QED) is 0.412. The maximum atomic E-state index is 13.2. The topological polar surface area (TPSA) is 120 Å². The molecule has 38 heavy (non-hydrogen) atoms. The average Bonchev–Trinajstić information content (AvgIpc) is 2.92. The van der Waals surface area contributed by atoms with Gasteiger partial charge in [0, 0.05) is 5.92 Å². The van der Waals surface area contributed by atoms with Crippen molar-refractivity contribution in [2.45, 2.75) is 51.5 Å². The molecule has 1 fully saturated rings. The number of ether oxygens (including phenoxy) is 3. The number of carbonyl (C=O) groups excluding carboxylic acids is 1. The Morgan fingerprint density at radius 3 is 2.42 bits per heavy atom. The number of carboxylic acids is 1. The number of aromatic nitrogens is 2. The summed E-state index contributed by atoms with van der Waals surface area (Å²) in [6.07, 6.45) is -0.260. The highest BCUT2D eigenvalue weighted by molar-refractivity contribution is 5.97. The highest BCUT2D eigenvalue weighted by Gasteiger charge is 2.28. The van der Waals surface area contributed by atoms with Gasteiger partial charge >= 0.3 is 5.97 Å². The molecular formula is C28H30FN3O6. The Morgan fingerprint density at radius 2 is 1.79 bits per heavy atom. The summed E-state index contributed by atoms with van der Waals surface area (Å²) < 4.78 is 30.9. The van der Waals surface area contributed by atoms with E-state index in [9.17, 15) is 19.1 Å². The molecule has 0 spiro atoms. The van der Waals surface area contributed by atoms with Crippen molar-refractivity contribution in [3.05, 3.63) is 88.8 Å². The number of hydrogen-bond acceptors (Lipinski definition) is 7. The zero-order valence-electron chi connectivity index (χ0n) is 21.2. The van der Waals surface area contributed by atoms with Crippen LogP contribution < -0.4 is 10.1 Å². The van der Waals surface area contributed by atoms with E-state index in [4.69, 9.17) is 14.2 Å². The molecule has 0 aliphatic carbocycles. The van der Waals surface area contributed by atoms with Crippen LogP contribution in [0.5, 0.6) is 5.75 Å². The Labute approximate surface area is 220 Å². The van der Waals surface area contributed by atoms with E-state index in [0.717, 1.165) is 11.1 Å². The molecule has 4 rings (SSSR count). The molecule has 1 aliphatic rings. The smallest absolute Gasteiger partial charge is 0.326 e. The minimum absolute atomic E-state index is 0.0356. The number of amides is 1. The van der Waals surface area contributed by atoms with Gasteiger partial charge in [0.25, 0.3) is 5.91 Å². The molecule has 2 aromatic carbocycles. The maximum Gasteiger partial charge on any atom is 0.326 e. The molecule has 3 aromatic rings. The SMILES string of the molecule is CCC(NC(=O)c1nc(C[C@H]2OC[C@@H](c3ccc(F)cc3)CO2)nc(C)c1OCc1ccccc1)C(=O)O. The van der Waals surface area contributed by atoms with Crippen molar-refractivity contribution < 1.29 is 33.3 Å². The van der Waals surface area contributed by atoms with Gasteiger partial charge in [0.05, 0.1) is 25.3 Å². The Bertz CT molecular complexity index is 1250. The summed E-state index contributed by atoms with van der Waals surface area (Å²) in [5, 5.41) is 11.9. The number of aliphatic carboxylic acids is 1. The fraction of sp³-hybridized carbons (Fsp3) is 0.357. The van der Waals surface area contributed by atoms with Crippen molar-refractivity contribution in [1.29, 1.82) is 0 Å². The van der Waals surface area contributed by atoms with Gasteiger partial charge in [-0.3, -0.25) is 4.79 Å². The second-order valence-electron chi connectivity index (χ2n) is 9.00. The third-order valence-corrected chi connectivity index (χ3v) is 6.19. The predicted octanol–water partition coefficient (Wildman–Crippen LogP) is 3.80. The van der Waals surface area contributed by atoms with Crippen molar-refractivity contribution in [3.8, 4) is 5.75 Å². The maximum absolute atomic E-state index is 13.2. The van der Waals surface area contributed by atoms with Crippen LogP contribution in [0.1, 0.15) is 52.4 Å². The number of hydrogen-bond donors (Lipinski definition) is 2. The first-order valence-electron chi connectivity index (χ1n) is 12.4. The number of rotatable bonds is 10. The van der Waals surface area contributed by atoms with Crippen LogP contribution in [0.15, 0.2) is 54.6 Å². The first-order chi connectivity index (χ1) is 18.3. The van der Waals surface area contributed by atoms with Crippen molar-refractivity contribution >= 4 is 11.9 Å². The second kappa shape index (κ2) is 12.6. The Kier molecular flexibility index (Phi) is 8.98. The van der Waals surface area contributed by atoms with E-state index in [2.05, 4.69) is 15.3 Å². The van der Waals surface area contributed by atoms with Gasteiger partial charge in [-0.2, -0.15) is 0 Å². The molecule has 9 nitrogen and oxygen atoms in total. The van der Waals surface area contributed by atoms with E-state index in [0.29, 0.717) is 24.7 Å². The minimum atomic E-state index is -1.14. The van der Waals surface area contributed by atoms with Gasteiger partial charge in [-0.1, -0.05) is 49.4 Å². The summed E-state index contributed by atoms with van der Waals surface area (Å²) in [6, 6.07) is 14.6. The number of aryl methyl sites for hydroxylation is 1. The van der Waals surface area contributed by atoms with Crippen molar-refractivity contribution in [3.63, 3.8) is 0 Å². The third kappa shape index (κ3) is 6.90. The van der Waals surface area contributed by atoms with Crippen LogP contribution >= 0.6 is 0 Å². The van der Waals surface area contributed by atoms with Crippen LogP contribution in [-0.2, 0) is 27.3 Å². The summed E-state index contributed by atoms with van der Waals surface area (Å²) in [5.74, 6) is -1.67. The molecule has 1 amide bonds. The van der Waals surface area contributed by atoms with Crippen LogP contribution in [0.4, 0.5) is 4.39 Å². The predicted molar refractivity (Wildman–Crippen MR) is 135 cm³/mol. The molecule has 0 radical (unpaired) electrons. The molecule has 1 saturated heterocycles. The monoisotopic (exact) mass is 523 g/mol. The first kappa shape index (κ1) is 27.2. The van der Waals surface area contributed by atoms with Gasteiger partial charge in [-0.15, -0.1) is 0 Å². The Morgan fingerprint density at radius 1 is 1.11 bits per heavy atom. The van der Waals surface area contributed by atoms with E-state index in [-0.39, 0.29) is 42.6 Å². The Balaban J connectivity index is 1.50. The standard InChI is InChI=1S/C28H30FN3O6/c1-3-22(28(34)35)31-27(33)25-26(38-14-18-7-5-4-6-8-18)17(2)30-23(32-25)13-24-36-15-20(16-37-24)19-9-11-21(29)12-10-19/h4-12,20,22,24H,3,13-16H2,1-2H3,(H,31,33)(H,34,35)/t20-,22?,24+. The van der Waals surface area contributed by atoms with E-state index in [1.807, 2.05) is 30.3 Å². The van der Waals surface area contributed by atoms with Crippen LogP contribution in [0.3, 0.4) is 0 Å². The van der Waals surface area contributed by atoms with E-state index >= 15 is 0 Å². The van der Waals surface area contributed by atoms with Gasteiger partial charge in [0.2, 0.25) is 0 Å². The zero-order chi connectivity index (χ0) is 27.1. The molecule has 1 aromatic heterocycles. The molecule has 0 bridgehead atoms. The highest BCUT2D eigenvalue weighted by atomic mass is 19.1. The summed E-state index contributed by atoms with van der Waals surface area (Å²) >= 11 is 0. The van der Waals surface area contributed by atoms with Crippen LogP contribution in [-0.4, -0.2) is 52.5 Å². The molecule has 10 heteroatoms. The average molecular weight is 524 g/mol. The van der Waals surface area contributed by atoms with Crippen molar-refractivity contribution in [2.24, 2.45) is 0 Å². The summed E-state index contributed by atoms with van der Waals surface area (Å²) in [4.78, 5) is 33.6. The fourth-order valence-corrected chi connectivity index (χ4v) is 4.07. The number of halogens is 1. The highest BCUT2D eigenvalue weighted by Crippen LogP contribution is 2.26. The zero-order valence-corrected chi connectivity index (χ0v) is 21.2. The molecular weight excluding hydrogens is 493 g/mol. The lowest BCUT2D eigenvalue weighted by Crippen LogP contribution is -2.41. The number of benzene rings is 2. The third-order valence-electron chi connectivity index (χ3n) is 6.19. The lowest BCUT2D eigenvalue weighted by molar-refractivity contribution is -0.186. The number of carboxylic acid groups (broad SMARTS) is 1. The second-order valence-corrected chi connectivity index (χ2v) is 9.00. The largest absolute Gasteiger partial charge is 0.485 e. The molecule has 1 unspecified atom stereocenters. The number of nitrogens with zero attached hydrogens (tertiary/aromatic N) is 2. The van der Waals surface area contributed by atoms with E-state index in [1.165, 1.54) is 12.1 Å². The van der Waals surface area contributed by atoms with Gasteiger partial charge in [-0.05, 0) is 36.6 Å². The van der Waals surface area contributed by atoms with Gasteiger partial charge in [0.1, 0.15) is 24.3 Å². The number of nitrogens with one attached hydrogen (secondary N) is 1. The van der Waals surface area contributed by atoms with Gasteiger partial charge in [0.15, 0.2) is 17.7 Å². The first-order valence-corrected chi connectivity index (χ1v) is 12.4. The lowest BCUT2D eigenvalue weighted by atomic mass is 10.0. The lowest BCUT2D eigenvalue weighted by Gasteiger charge is -2.29. The molecule has 1 atom stereocenters. The van der Waals surface area contributed by atoms with Gasteiger partial charge in [-0.25, -0.2) is 19.2 Å². The molecule has 200 valence electrons. The summed E-state index contributed by atoms with van der Waals surface area (Å²) in [5.41, 5.74) is 2.18. The normalized spacial score (nSPS) is 18.0. The van der Waals surface area contributed by atoms with Crippen LogP contribution in [0.25, 0.3) is 0 Å². The summed E-state index contributed by atoms with van der Waals surface area (Å²) in [6.45, 7) is 4.29.